The molecule has 1 aromatic rings. The molecule has 1 amide bonds. The summed E-state index contributed by atoms with van der Waals surface area (Å²) in [5.74, 6) is -1.24. The van der Waals surface area contributed by atoms with Crippen molar-refractivity contribution in [2.45, 2.75) is 19.3 Å². The van der Waals surface area contributed by atoms with Gasteiger partial charge in [-0.15, -0.1) is 0 Å². The number of piperidine rings is 1. The van der Waals surface area contributed by atoms with Crippen LogP contribution in [-0.4, -0.2) is 31.5 Å². The maximum atomic E-state index is 11.8. The topological polar surface area (TPSA) is 73.7 Å². The molecule has 0 spiro atoms. The lowest BCUT2D eigenvalue weighted by Crippen LogP contribution is -3.13. The molecule has 1 aliphatic heterocycles. The summed E-state index contributed by atoms with van der Waals surface area (Å²) in [7, 11) is 0. The SMILES string of the molecule is O=C(C[NH+]1CCCCC1)Nc1ccc(C(=O)[O-])cc1. The summed E-state index contributed by atoms with van der Waals surface area (Å²) in [6.07, 6.45) is 3.63. The molecule has 1 aliphatic rings. The zero-order valence-corrected chi connectivity index (χ0v) is 10.8. The van der Waals surface area contributed by atoms with Crippen LogP contribution in [0.25, 0.3) is 0 Å². The third-order valence-corrected chi connectivity index (χ3v) is 3.38. The van der Waals surface area contributed by atoms with Gasteiger partial charge in [-0.25, -0.2) is 0 Å². The summed E-state index contributed by atoms with van der Waals surface area (Å²) in [4.78, 5) is 23.7. The van der Waals surface area contributed by atoms with Crippen molar-refractivity contribution in [3.63, 3.8) is 0 Å². The normalized spacial score (nSPS) is 16.0. The molecule has 5 heteroatoms. The number of hydrogen-bond acceptors (Lipinski definition) is 3. The van der Waals surface area contributed by atoms with Crippen molar-refractivity contribution in [3.8, 4) is 0 Å². The maximum Gasteiger partial charge on any atom is 0.279 e. The average Bonchev–Trinajstić information content (AvgIpc) is 2.40. The van der Waals surface area contributed by atoms with E-state index in [1.165, 1.54) is 36.3 Å². The molecule has 2 rings (SSSR count). The standard InChI is InChI=1S/C14H18N2O3/c17-13(10-16-8-2-1-3-9-16)15-12-6-4-11(5-7-12)14(18)19/h4-7H,1-3,8-10H2,(H,15,17)(H,18,19). The predicted octanol–water partition coefficient (Wildman–Crippen LogP) is -0.943. The number of rotatable bonds is 4. The molecule has 0 atom stereocenters. The van der Waals surface area contributed by atoms with Crippen LogP contribution in [-0.2, 0) is 4.79 Å². The highest BCUT2D eigenvalue weighted by Gasteiger charge is 2.17. The fourth-order valence-electron chi connectivity index (χ4n) is 2.35. The van der Waals surface area contributed by atoms with Crippen LogP contribution in [0.1, 0.15) is 29.6 Å². The molecule has 1 fully saturated rings. The Morgan fingerprint density at radius 3 is 2.32 bits per heavy atom. The van der Waals surface area contributed by atoms with Gasteiger partial charge in [-0.2, -0.15) is 0 Å². The summed E-state index contributed by atoms with van der Waals surface area (Å²) >= 11 is 0. The maximum absolute atomic E-state index is 11.8. The highest BCUT2D eigenvalue weighted by atomic mass is 16.4. The Morgan fingerprint density at radius 2 is 1.74 bits per heavy atom. The van der Waals surface area contributed by atoms with Crippen molar-refractivity contribution in [2.24, 2.45) is 0 Å². The highest BCUT2D eigenvalue weighted by molar-refractivity contribution is 5.92. The summed E-state index contributed by atoms with van der Waals surface area (Å²) in [6.45, 7) is 2.58. The largest absolute Gasteiger partial charge is 0.545 e. The van der Waals surface area contributed by atoms with Crippen LogP contribution in [0.4, 0.5) is 5.69 Å². The van der Waals surface area contributed by atoms with Gasteiger partial charge in [0.1, 0.15) is 0 Å². The molecule has 1 saturated heterocycles. The molecule has 0 unspecified atom stereocenters. The van der Waals surface area contributed by atoms with Crippen molar-refractivity contribution < 1.29 is 19.6 Å². The first-order chi connectivity index (χ1) is 9.15. The van der Waals surface area contributed by atoms with Crippen LogP contribution in [0, 0.1) is 0 Å². The number of amides is 1. The Hall–Kier alpha value is -1.88. The number of likely N-dealkylation sites (tertiary alicyclic amines) is 1. The van der Waals surface area contributed by atoms with Crippen LogP contribution in [0.5, 0.6) is 0 Å². The zero-order chi connectivity index (χ0) is 13.7. The molecule has 1 heterocycles. The van der Waals surface area contributed by atoms with Crippen LogP contribution in [0.3, 0.4) is 0 Å². The minimum atomic E-state index is -1.21. The van der Waals surface area contributed by atoms with Gasteiger partial charge in [-0.05, 0) is 37.0 Å². The number of aromatic carboxylic acids is 1. The highest BCUT2D eigenvalue weighted by Crippen LogP contribution is 2.08. The van der Waals surface area contributed by atoms with Gasteiger partial charge in [0.15, 0.2) is 6.54 Å². The van der Waals surface area contributed by atoms with Crippen molar-refractivity contribution in [3.05, 3.63) is 29.8 Å². The first-order valence-electron chi connectivity index (χ1n) is 6.60. The number of quaternary nitrogens is 1. The van der Waals surface area contributed by atoms with E-state index in [9.17, 15) is 14.7 Å². The molecule has 0 saturated carbocycles. The van der Waals surface area contributed by atoms with E-state index in [0.717, 1.165) is 13.1 Å². The lowest BCUT2D eigenvalue weighted by atomic mass is 10.1. The minimum Gasteiger partial charge on any atom is -0.545 e. The molecular weight excluding hydrogens is 244 g/mol. The Kier molecular flexibility index (Phi) is 4.52. The zero-order valence-electron chi connectivity index (χ0n) is 10.8. The molecule has 19 heavy (non-hydrogen) atoms. The number of anilines is 1. The molecule has 0 radical (unpaired) electrons. The molecule has 2 N–H and O–H groups in total. The lowest BCUT2D eigenvalue weighted by molar-refractivity contribution is -0.896. The molecule has 0 aromatic heterocycles. The molecule has 102 valence electrons. The quantitative estimate of drug-likeness (QED) is 0.735. The van der Waals surface area contributed by atoms with Gasteiger partial charge in [0.25, 0.3) is 5.91 Å². The monoisotopic (exact) mass is 262 g/mol. The Bertz CT molecular complexity index is 450. The predicted molar refractivity (Wildman–Crippen MR) is 68.8 cm³/mol. The van der Waals surface area contributed by atoms with E-state index in [-0.39, 0.29) is 11.5 Å². The van der Waals surface area contributed by atoms with Crippen molar-refractivity contribution >= 4 is 17.6 Å². The van der Waals surface area contributed by atoms with Gasteiger partial charge in [0.05, 0.1) is 19.1 Å². The van der Waals surface area contributed by atoms with Crippen LogP contribution in [0.15, 0.2) is 24.3 Å². The number of carboxylic acid groups (broad SMARTS) is 1. The molecule has 0 bridgehead atoms. The van der Waals surface area contributed by atoms with E-state index in [0.29, 0.717) is 12.2 Å². The van der Waals surface area contributed by atoms with Gasteiger partial charge in [-0.1, -0.05) is 12.1 Å². The Balaban J connectivity index is 1.85. The Labute approximate surface area is 112 Å². The first kappa shape index (κ1) is 13.5. The number of nitrogens with one attached hydrogen (secondary N) is 2. The summed E-state index contributed by atoms with van der Waals surface area (Å²) < 4.78 is 0. The van der Waals surface area contributed by atoms with Gasteiger partial charge >= 0.3 is 0 Å². The second kappa shape index (κ2) is 6.33. The molecule has 5 nitrogen and oxygen atoms in total. The van der Waals surface area contributed by atoms with E-state index < -0.39 is 5.97 Å². The number of carboxylic acids is 1. The molecular formula is C14H18N2O3. The number of hydrogen-bond donors (Lipinski definition) is 2. The van der Waals surface area contributed by atoms with Gasteiger partial charge in [0.2, 0.25) is 0 Å². The Morgan fingerprint density at radius 1 is 1.11 bits per heavy atom. The first-order valence-corrected chi connectivity index (χ1v) is 6.60. The minimum absolute atomic E-state index is 0.0295. The second-order valence-electron chi connectivity index (χ2n) is 4.90. The van der Waals surface area contributed by atoms with Crippen LogP contribution in [0.2, 0.25) is 0 Å². The number of benzene rings is 1. The molecule has 1 aromatic carbocycles. The van der Waals surface area contributed by atoms with Crippen molar-refractivity contribution in [1.29, 1.82) is 0 Å². The van der Waals surface area contributed by atoms with E-state index in [4.69, 9.17) is 0 Å². The lowest BCUT2D eigenvalue weighted by Gasteiger charge is -2.22. The molecule has 0 aliphatic carbocycles. The number of carbonyl (C=O) groups excluding carboxylic acids is 2. The van der Waals surface area contributed by atoms with E-state index in [1.54, 1.807) is 12.1 Å². The third kappa shape index (κ3) is 4.06. The number of carbonyl (C=O) groups is 2. The summed E-state index contributed by atoms with van der Waals surface area (Å²) in [5, 5.41) is 13.4. The summed E-state index contributed by atoms with van der Waals surface area (Å²) in [5.41, 5.74) is 0.728. The van der Waals surface area contributed by atoms with E-state index in [1.807, 2.05) is 0 Å². The van der Waals surface area contributed by atoms with Gasteiger partial charge in [-0.3, -0.25) is 4.79 Å². The van der Waals surface area contributed by atoms with Crippen molar-refractivity contribution in [2.75, 3.05) is 25.0 Å². The van der Waals surface area contributed by atoms with Crippen LogP contribution >= 0.6 is 0 Å². The summed E-state index contributed by atoms with van der Waals surface area (Å²) in [6, 6.07) is 6.01. The van der Waals surface area contributed by atoms with E-state index in [2.05, 4.69) is 5.32 Å². The third-order valence-electron chi connectivity index (χ3n) is 3.38. The van der Waals surface area contributed by atoms with Crippen molar-refractivity contribution in [1.82, 2.24) is 0 Å². The fourth-order valence-corrected chi connectivity index (χ4v) is 2.35. The van der Waals surface area contributed by atoms with Gasteiger partial charge < -0.3 is 20.1 Å². The van der Waals surface area contributed by atoms with Gasteiger partial charge in [0, 0.05) is 5.69 Å². The van der Waals surface area contributed by atoms with E-state index >= 15 is 0 Å². The smallest absolute Gasteiger partial charge is 0.279 e. The average molecular weight is 262 g/mol. The second-order valence-corrected chi connectivity index (χ2v) is 4.90. The van der Waals surface area contributed by atoms with Crippen LogP contribution < -0.4 is 15.3 Å². The fraction of sp³-hybridized carbons (Fsp3) is 0.429.